The van der Waals surface area contributed by atoms with Gasteiger partial charge in [0.2, 0.25) is 0 Å². The number of esters is 1. The van der Waals surface area contributed by atoms with Gasteiger partial charge < -0.3 is 9.47 Å². The zero-order valence-electron chi connectivity index (χ0n) is 11.1. The number of hydrogen-bond acceptors (Lipinski definition) is 4. The summed E-state index contributed by atoms with van der Waals surface area (Å²) in [7, 11) is 1.06. The van der Waals surface area contributed by atoms with Crippen molar-refractivity contribution in [2.75, 3.05) is 7.11 Å². The van der Waals surface area contributed by atoms with E-state index < -0.39 is 29.6 Å². The third-order valence-corrected chi connectivity index (χ3v) is 2.59. The van der Waals surface area contributed by atoms with E-state index in [1.807, 2.05) is 0 Å². The van der Waals surface area contributed by atoms with Gasteiger partial charge in [-0.05, 0) is 24.3 Å². The number of ether oxygens (including phenoxy) is 2. The third kappa shape index (κ3) is 3.72. The second-order valence-corrected chi connectivity index (χ2v) is 4.09. The zero-order chi connectivity index (χ0) is 16.3. The first-order valence-corrected chi connectivity index (χ1v) is 5.91. The van der Waals surface area contributed by atoms with Gasteiger partial charge in [-0.1, -0.05) is 12.1 Å². The van der Waals surface area contributed by atoms with Crippen molar-refractivity contribution in [3.63, 3.8) is 0 Å². The van der Waals surface area contributed by atoms with Crippen molar-refractivity contribution in [1.29, 1.82) is 0 Å². The first kappa shape index (κ1) is 15.7. The van der Waals surface area contributed by atoms with Crippen molar-refractivity contribution in [2.24, 2.45) is 0 Å². The molecule has 0 aliphatic carbocycles. The van der Waals surface area contributed by atoms with Crippen LogP contribution in [0.1, 0.15) is 10.5 Å². The Morgan fingerprint density at radius 3 is 2.55 bits per heavy atom. The number of nitrogens with zero attached hydrogens (tertiary/aromatic N) is 1. The highest BCUT2D eigenvalue weighted by molar-refractivity contribution is 5.88. The fraction of sp³-hybridized carbons (Fsp3) is 0.143. The molecule has 0 saturated heterocycles. The highest BCUT2D eigenvalue weighted by Gasteiger charge is 2.31. The highest BCUT2D eigenvalue weighted by atomic mass is 19.4. The van der Waals surface area contributed by atoms with Crippen LogP contribution in [0.25, 0.3) is 11.3 Å². The second-order valence-electron chi connectivity index (χ2n) is 4.09. The number of aromatic nitrogens is 1. The summed E-state index contributed by atoms with van der Waals surface area (Å²) in [5.74, 6) is -2.32. The smallest absolute Gasteiger partial charge is 0.464 e. The van der Waals surface area contributed by atoms with E-state index in [0.717, 1.165) is 25.3 Å². The fourth-order valence-corrected chi connectivity index (χ4v) is 1.70. The van der Waals surface area contributed by atoms with Crippen LogP contribution >= 0.6 is 0 Å². The van der Waals surface area contributed by atoms with Crippen LogP contribution in [0.2, 0.25) is 0 Å². The largest absolute Gasteiger partial charge is 0.573 e. The highest BCUT2D eigenvalue weighted by Crippen LogP contribution is 2.27. The van der Waals surface area contributed by atoms with E-state index in [1.54, 1.807) is 0 Å². The average molecular weight is 315 g/mol. The molecule has 1 heterocycles. The summed E-state index contributed by atoms with van der Waals surface area (Å²) in [6, 6.07) is 7.17. The summed E-state index contributed by atoms with van der Waals surface area (Å²) in [6.07, 6.45) is -4.83. The minimum atomic E-state index is -4.83. The van der Waals surface area contributed by atoms with Gasteiger partial charge in [-0.2, -0.15) is 0 Å². The van der Waals surface area contributed by atoms with Crippen molar-refractivity contribution in [3.05, 3.63) is 47.9 Å². The van der Waals surface area contributed by atoms with Gasteiger partial charge in [0.15, 0.2) is 11.5 Å². The van der Waals surface area contributed by atoms with Crippen LogP contribution in [0, 0.1) is 5.82 Å². The van der Waals surface area contributed by atoms with E-state index >= 15 is 0 Å². The Morgan fingerprint density at radius 2 is 1.91 bits per heavy atom. The molecule has 0 amide bonds. The first-order valence-electron chi connectivity index (χ1n) is 5.91. The lowest BCUT2D eigenvalue weighted by Crippen LogP contribution is -2.17. The second kappa shape index (κ2) is 6.00. The summed E-state index contributed by atoms with van der Waals surface area (Å²) in [6.45, 7) is 0. The summed E-state index contributed by atoms with van der Waals surface area (Å²) < 4.78 is 58.2. The molecular weight excluding hydrogens is 306 g/mol. The van der Waals surface area contributed by atoms with Gasteiger partial charge in [0.05, 0.1) is 12.8 Å². The molecule has 0 aliphatic rings. The van der Waals surface area contributed by atoms with Gasteiger partial charge in [0, 0.05) is 5.56 Å². The summed E-state index contributed by atoms with van der Waals surface area (Å²) in [5, 5.41) is 0. The average Bonchev–Trinajstić information content (AvgIpc) is 2.45. The van der Waals surface area contributed by atoms with Crippen molar-refractivity contribution in [2.45, 2.75) is 6.36 Å². The number of pyridine rings is 1. The summed E-state index contributed by atoms with van der Waals surface area (Å²) in [5.41, 5.74) is -0.219. The first-order chi connectivity index (χ1) is 10.3. The molecule has 0 N–H and O–H groups in total. The van der Waals surface area contributed by atoms with Gasteiger partial charge in [0.25, 0.3) is 0 Å². The lowest BCUT2D eigenvalue weighted by Gasteiger charge is -2.10. The molecule has 0 spiro atoms. The Morgan fingerprint density at radius 1 is 1.18 bits per heavy atom. The van der Waals surface area contributed by atoms with Crippen molar-refractivity contribution < 1.29 is 31.8 Å². The Hall–Kier alpha value is -2.64. The monoisotopic (exact) mass is 315 g/mol. The molecule has 0 aliphatic heterocycles. The predicted molar refractivity (Wildman–Crippen MR) is 67.7 cm³/mol. The van der Waals surface area contributed by atoms with Crippen LogP contribution in [0.4, 0.5) is 17.6 Å². The standard InChI is InChI=1S/C14H9F4NO3/c1-21-13(20)12-10(15)5-6-11(19-12)8-3-2-4-9(7-8)22-14(16,17)18/h2-7H,1H3. The van der Waals surface area contributed by atoms with Gasteiger partial charge in [-0.15, -0.1) is 13.2 Å². The van der Waals surface area contributed by atoms with E-state index in [4.69, 9.17) is 0 Å². The lowest BCUT2D eigenvalue weighted by atomic mass is 10.1. The molecule has 2 aromatic rings. The van der Waals surface area contributed by atoms with Crippen molar-refractivity contribution in [1.82, 2.24) is 4.98 Å². The SMILES string of the molecule is COC(=O)c1nc(-c2cccc(OC(F)(F)F)c2)ccc1F. The van der Waals surface area contributed by atoms with Crippen LogP contribution in [0.3, 0.4) is 0 Å². The molecule has 0 atom stereocenters. The van der Waals surface area contributed by atoms with Crippen LogP contribution in [0.15, 0.2) is 36.4 Å². The van der Waals surface area contributed by atoms with E-state index in [1.165, 1.54) is 18.2 Å². The number of carbonyl (C=O) groups excluding carboxylic acids is 1. The molecule has 0 unspecified atom stereocenters. The third-order valence-electron chi connectivity index (χ3n) is 2.59. The molecule has 22 heavy (non-hydrogen) atoms. The van der Waals surface area contributed by atoms with E-state index in [-0.39, 0.29) is 11.3 Å². The van der Waals surface area contributed by atoms with Crippen LogP contribution < -0.4 is 4.74 Å². The molecule has 1 aromatic heterocycles. The van der Waals surface area contributed by atoms with Crippen LogP contribution in [0.5, 0.6) is 5.75 Å². The number of benzene rings is 1. The van der Waals surface area contributed by atoms with E-state index in [9.17, 15) is 22.4 Å². The molecule has 0 fully saturated rings. The molecule has 4 nitrogen and oxygen atoms in total. The number of methoxy groups -OCH3 is 1. The number of carbonyl (C=O) groups is 1. The molecule has 116 valence electrons. The maximum absolute atomic E-state index is 13.5. The molecule has 0 saturated carbocycles. The maximum Gasteiger partial charge on any atom is 0.573 e. The Bertz CT molecular complexity index is 701. The summed E-state index contributed by atoms with van der Waals surface area (Å²) in [4.78, 5) is 15.1. The molecule has 1 aromatic carbocycles. The Kier molecular flexibility index (Phi) is 4.30. The molecular formula is C14H9F4NO3. The quantitative estimate of drug-likeness (QED) is 0.642. The minimum absolute atomic E-state index is 0.106. The lowest BCUT2D eigenvalue weighted by molar-refractivity contribution is -0.274. The molecule has 8 heteroatoms. The molecule has 0 bridgehead atoms. The van der Waals surface area contributed by atoms with Gasteiger partial charge in [-0.3, -0.25) is 0 Å². The van der Waals surface area contributed by atoms with Crippen molar-refractivity contribution in [3.8, 4) is 17.0 Å². The summed E-state index contributed by atoms with van der Waals surface area (Å²) >= 11 is 0. The number of rotatable bonds is 3. The Labute approximate surface area is 122 Å². The predicted octanol–water partition coefficient (Wildman–Crippen LogP) is 3.57. The Balaban J connectivity index is 2.40. The van der Waals surface area contributed by atoms with E-state index in [2.05, 4.69) is 14.5 Å². The van der Waals surface area contributed by atoms with Gasteiger partial charge in [-0.25, -0.2) is 14.2 Å². The molecule has 2 rings (SSSR count). The zero-order valence-corrected chi connectivity index (χ0v) is 11.1. The van der Waals surface area contributed by atoms with E-state index in [0.29, 0.717) is 0 Å². The van der Waals surface area contributed by atoms with Gasteiger partial charge >= 0.3 is 12.3 Å². The maximum atomic E-state index is 13.5. The number of halogens is 4. The van der Waals surface area contributed by atoms with Gasteiger partial charge in [0.1, 0.15) is 5.75 Å². The normalized spacial score (nSPS) is 11.1. The molecule has 0 radical (unpaired) electrons. The number of alkyl halides is 3. The van der Waals surface area contributed by atoms with Crippen molar-refractivity contribution >= 4 is 5.97 Å². The topological polar surface area (TPSA) is 48.4 Å². The van der Waals surface area contributed by atoms with Crippen LogP contribution in [-0.4, -0.2) is 24.4 Å². The fourth-order valence-electron chi connectivity index (χ4n) is 1.70. The minimum Gasteiger partial charge on any atom is -0.464 e. The van der Waals surface area contributed by atoms with Crippen LogP contribution in [-0.2, 0) is 4.74 Å². The number of hydrogen-bond donors (Lipinski definition) is 0.